The Morgan fingerprint density at radius 2 is 2.29 bits per heavy atom. The van der Waals surface area contributed by atoms with Crippen LogP contribution in [0.4, 0.5) is 11.4 Å². The van der Waals surface area contributed by atoms with Crippen molar-refractivity contribution in [3.05, 3.63) is 33.9 Å². The van der Waals surface area contributed by atoms with Gasteiger partial charge in [-0.25, -0.2) is 0 Å². The molecule has 0 aromatic heterocycles. The third-order valence-electron chi connectivity index (χ3n) is 2.90. The SMILES string of the molecule is N#Cc1cccc(NCCC2CC2)c1[N+](=O)[O-]. The lowest BCUT2D eigenvalue weighted by atomic mass is 10.1. The maximum Gasteiger partial charge on any atom is 0.309 e. The summed E-state index contributed by atoms with van der Waals surface area (Å²) in [5.74, 6) is 0.778. The number of hydrogen-bond donors (Lipinski definition) is 1. The van der Waals surface area contributed by atoms with Gasteiger partial charge in [-0.3, -0.25) is 10.1 Å². The molecule has 1 saturated carbocycles. The third kappa shape index (κ3) is 2.72. The summed E-state index contributed by atoms with van der Waals surface area (Å²) in [4.78, 5) is 10.4. The minimum absolute atomic E-state index is 0.103. The molecule has 0 unspecified atom stereocenters. The molecule has 1 aliphatic carbocycles. The van der Waals surface area contributed by atoms with Gasteiger partial charge in [0, 0.05) is 6.54 Å². The molecule has 0 spiro atoms. The lowest BCUT2D eigenvalue weighted by Crippen LogP contribution is -2.06. The predicted molar refractivity (Wildman–Crippen MR) is 63.6 cm³/mol. The second-order valence-corrected chi connectivity index (χ2v) is 4.23. The number of anilines is 1. The largest absolute Gasteiger partial charge is 0.379 e. The van der Waals surface area contributed by atoms with E-state index in [1.807, 2.05) is 6.07 Å². The van der Waals surface area contributed by atoms with Crippen molar-refractivity contribution in [1.29, 1.82) is 5.26 Å². The lowest BCUT2D eigenvalue weighted by Gasteiger charge is -2.07. The molecule has 17 heavy (non-hydrogen) atoms. The predicted octanol–water partition coefficient (Wildman–Crippen LogP) is 2.68. The fraction of sp³-hybridized carbons (Fsp3) is 0.417. The second-order valence-electron chi connectivity index (χ2n) is 4.23. The van der Waals surface area contributed by atoms with E-state index in [4.69, 9.17) is 5.26 Å². The van der Waals surface area contributed by atoms with E-state index in [0.717, 1.165) is 18.9 Å². The zero-order valence-corrected chi connectivity index (χ0v) is 9.35. The average molecular weight is 231 g/mol. The first-order valence-electron chi connectivity index (χ1n) is 5.63. The number of rotatable bonds is 5. The van der Waals surface area contributed by atoms with Gasteiger partial charge in [-0.05, 0) is 24.5 Å². The summed E-state index contributed by atoms with van der Waals surface area (Å²) in [5, 5.41) is 22.8. The van der Waals surface area contributed by atoms with E-state index in [0.29, 0.717) is 5.69 Å². The molecule has 0 saturated heterocycles. The summed E-state index contributed by atoms with van der Waals surface area (Å²) in [6, 6.07) is 6.61. The molecule has 1 N–H and O–H groups in total. The second kappa shape index (κ2) is 4.83. The van der Waals surface area contributed by atoms with Crippen molar-refractivity contribution in [3.63, 3.8) is 0 Å². The zero-order chi connectivity index (χ0) is 12.3. The normalized spacial score (nSPS) is 14.1. The summed E-state index contributed by atoms with van der Waals surface area (Å²) in [7, 11) is 0. The number of nitrogens with one attached hydrogen (secondary N) is 1. The van der Waals surface area contributed by atoms with Gasteiger partial charge in [-0.1, -0.05) is 18.9 Å². The Morgan fingerprint density at radius 3 is 2.88 bits per heavy atom. The Labute approximate surface area is 99.2 Å². The first kappa shape index (κ1) is 11.4. The van der Waals surface area contributed by atoms with Crippen LogP contribution in [0.15, 0.2) is 18.2 Å². The third-order valence-corrected chi connectivity index (χ3v) is 2.90. The van der Waals surface area contributed by atoms with Crippen molar-refractivity contribution >= 4 is 11.4 Å². The van der Waals surface area contributed by atoms with Crippen LogP contribution in [-0.4, -0.2) is 11.5 Å². The van der Waals surface area contributed by atoms with E-state index in [9.17, 15) is 10.1 Å². The molecule has 0 atom stereocenters. The van der Waals surface area contributed by atoms with E-state index in [1.165, 1.54) is 18.9 Å². The average Bonchev–Trinajstić information content (AvgIpc) is 3.12. The molecule has 1 aliphatic rings. The Hall–Kier alpha value is -2.09. The van der Waals surface area contributed by atoms with Crippen LogP contribution in [0.2, 0.25) is 0 Å². The maximum absolute atomic E-state index is 10.9. The standard InChI is InChI=1S/C12H13N3O2/c13-8-10-2-1-3-11(12(10)15(16)17)14-7-6-9-4-5-9/h1-3,9,14H,4-7H2. The van der Waals surface area contributed by atoms with Gasteiger partial charge in [-0.2, -0.15) is 5.26 Å². The Morgan fingerprint density at radius 1 is 1.53 bits per heavy atom. The van der Waals surface area contributed by atoms with E-state index in [1.54, 1.807) is 12.1 Å². The van der Waals surface area contributed by atoms with Gasteiger partial charge in [-0.15, -0.1) is 0 Å². The Kier molecular flexibility index (Phi) is 3.24. The first-order chi connectivity index (χ1) is 8.22. The van der Waals surface area contributed by atoms with Crippen LogP contribution in [0.3, 0.4) is 0 Å². The summed E-state index contributed by atoms with van der Waals surface area (Å²) in [6.45, 7) is 0.723. The molecular weight excluding hydrogens is 218 g/mol. The maximum atomic E-state index is 10.9. The summed E-state index contributed by atoms with van der Waals surface area (Å²) < 4.78 is 0. The molecule has 0 heterocycles. The molecule has 1 aromatic carbocycles. The number of nitro benzene ring substituents is 1. The number of para-hydroxylation sites is 1. The van der Waals surface area contributed by atoms with E-state index >= 15 is 0 Å². The smallest absolute Gasteiger partial charge is 0.309 e. The number of nitrogens with zero attached hydrogens (tertiary/aromatic N) is 2. The van der Waals surface area contributed by atoms with Crippen molar-refractivity contribution in [2.45, 2.75) is 19.3 Å². The van der Waals surface area contributed by atoms with Gasteiger partial charge in [0.25, 0.3) is 0 Å². The van der Waals surface area contributed by atoms with E-state index in [2.05, 4.69) is 5.32 Å². The highest BCUT2D eigenvalue weighted by atomic mass is 16.6. The molecule has 5 heteroatoms. The summed E-state index contributed by atoms with van der Waals surface area (Å²) in [5.41, 5.74) is 0.423. The van der Waals surface area contributed by atoms with Crippen LogP contribution in [0.25, 0.3) is 0 Å². The minimum Gasteiger partial charge on any atom is -0.379 e. The molecule has 0 radical (unpaired) electrons. The van der Waals surface area contributed by atoms with Gasteiger partial charge in [0.1, 0.15) is 17.3 Å². The molecule has 0 aliphatic heterocycles. The molecule has 1 aromatic rings. The van der Waals surface area contributed by atoms with Crippen molar-refractivity contribution in [2.24, 2.45) is 5.92 Å². The van der Waals surface area contributed by atoms with Crippen molar-refractivity contribution in [2.75, 3.05) is 11.9 Å². The molecule has 88 valence electrons. The van der Waals surface area contributed by atoms with Crippen LogP contribution >= 0.6 is 0 Å². The fourth-order valence-electron chi connectivity index (χ4n) is 1.79. The quantitative estimate of drug-likeness (QED) is 0.624. The number of nitriles is 1. The molecule has 1 fully saturated rings. The van der Waals surface area contributed by atoms with Crippen molar-refractivity contribution < 1.29 is 4.92 Å². The lowest BCUT2D eigenvalue weighted by molar-refractivity contribution is -0.384. The zero-order valence-electron chi connectivity index (χ0n) is 9.35. The number of hydrogen-bond acceptors (Lipinski definition) is 4. The van der Waals surface area contributed by atoms with Gasteiger partial charge >= 0.3 is 5.69 Å². The Bertz CT molecular complexity index is 475. The van der Waals surface area contributed by atoms with Crippen LogP contribution < -0.4 is 5.32 Å². The number of nitro groups is 1. The highest BCUT2D eigenvalue weighted by molar-refractivity contribution is 5.68. The van der Waals surface area contributed by atoms with E-state index < -0.39 is 4.92 Å². The van der Waals surface area contributed by atoms with Crippen molar-refractivity contribution in [1.82, 2.24) is 0 Å². The molecule has 0 bridgehead atoms. The van der Waals surface area contributed by atoms with Crippen LogP contribution in [0.5, 0.6) is 0 Å². The molecule has 2 rings (SSSR count). The first-order valence-corrected chi connectivity index (χ1v) is 5.63. The highest BCUT2D eigenvalue weighted by Crippen LogP contribution is 2.33. The topological polar surface area (TPSA) is 79.0 Å². The van der Waals surface area contributed by atoms with Gasteiger partial charge in [0.2, 0.25) is 0 Å². The van der Waals surface area contributed by atoms with Crippen molar-refractivity contribution in [3.8, 4) is 6.07 Å². The minimum atomic E-state index is -0.502. The monoisotopic (exact) mass is 231 g/mol. The highest BCUT2D eigenvalue weighted by Gasteiger charge is 2.22. The van der Waals surface area contributed by atoms with Gasteiger partial charge in [0.05, 0.1) is 4.92 Å². The Balaban J connectivity index is 2.13. The fourth-order valence-corrected chi connectivity index (χ4v) is 1.79. The van der Waals surface area contributed by atoms with Gasteiger partial charge < -0.3 is 5.32 Å². The summed E-state index contributed by atoms with van der Waals surface area (Å²) >= 11 is 0. The molecule has 0 amide bonds. The summed E-state index contributed by atoms with van der Waals surface area (Å²) in [6.07, 6.45) is 3.57. The number of benzene rings is 1. The van der Waals surface area contributed by atoms with Crippen LogP contribution in [0.1, 0.15) is 24.8 Å². The molecule has 5 nitrogen and oxygen atoms in total. The van der Waals surface area contributed by atoms with Crippen LogP contribution in [-0.2, 0) is 0 Å². The van der Waals surface area contributed by atoms with Gasteiger partial charge in [0.15, 0.2) is 0 Å². The van der Waals surface area contributed by atoms with E-state index in [-0.39, 0.29) is 11.3 Å². The molecular formula is C12H13N3O2. The van der Waals surface area contributed by atoms with Crippen LogP contribution in [0, 0.1) is 27.4 Å².